The molecule has 102 valence electrons. The van der Waals surface area contributed by atoms with E-state index in [1.807, 2.05) is 4.57 Å². The second-order valence-electron chi connectivity index (χ2n) is 4.38. The Morgan fingerprint density at radius 2 is 2.00 bits per heavy atom. The number of benzene rings is 1. The van der Waals surface area contributed by atoms with Crippen LogP contribution in [-0.2, 0) is 11.3 Å². The smallest absolute Gasteiger partial charge is 0.197 e. The van der Waals surface area contributed by atoms with Crippen LogP contribution in [0.5, 0.6) is 5.75 Å². The van der Waals surface area contributed by atoms with E-state index in [2.05, 4.69) is 15.0 Å². The summed E-state index contributed by atoms with van der Waals surface area (Å²) < 4.78 is 6.98. The van der Waals surface area contributed by atoms with Crippen molar-refractivity contribution in [3.63, 3.8) is 0 Å². The molecule has 0 unspecified atom stereocenters. The number of phenols is 1. The summed E-state index contributed by atoms with van der Waals surface area (Å²) >= 11 is 0. The summed E-state index contributed by atoms with van der Waals surface area (Å²) in [6.07, 6.45) is 3.40. The molecule has 0 radical (unpaired) electrons. The summed E-state index contributed by atoms with van der Waals surface area (Å²) in [5.41, 5.74) is 2.99. The first-order valence-electron chi connectivity index (χ1n) is 6.24. The first-order chi connectivity index (χ1) is 9.78. The second kappa shape index (κ2) is 5.26. The van der Waals surface area contributed by atoms with Gasteiger partial charge in [-0.3, -0.25) is 0 Å². The lowest BCUT2D eigenvalue weighted by molar-refractivity contribution is 0.188. The van der Waals surface area contributed by atoms with Gasteiger partial charge in [-0.2, -0.15) is 0 Å². The average Bonchev–Trinajstić information content (AvgIpc) is 2.88. The molecule has 3 rings (SSSR count). The zero-order valence-electron chi connectivity index (χ0n) is 11.0. The minimum atomic E-state index is 0.230. The third-order valence-electron chi connectivity index (χ3n) is 3.03. The molecule has 0 saturated carbocycles. The van der Waals surface area contributed by atoms with Crippen LogP contribution in [0.15, 0.2) is 36.8 Å². The number of nitrogens with zero attached hydrogens (tertiary/aromatic N) is 4. The Hall–Kier alpha value is -2.47. The molecule has 3 aromatic rings. The first kappa shape index (κ1) is 12.6. The Morgan fingerprint density at radius 1 is 1.20 bits per heavy atom. The Morgan fingerprint density at radius 3 is 2.75 bits per heavy atom. The van der Waals surface area contributed by atoms with Gasteiger partial charge in [0, 0.05) is 19.2 Å². The van der Waals surface area contributed by atoms with Crippen LogP contribution < -0.4 is 0 Å². The van der Waals surface area contributed by atoms with Crippen LogP contribution in [0.4, 0.5) is 0 Å². The highest BCUT2D eigenvalue weighted by molar-refractivity contribution is 5.70. The van der Waals surface area contributed by atoms with Gasteiger partial charge in [0.2, 0.25) is 0 Å². The molecular weight excluding hydrogens is 256 g/mol. The number of fused-ring (bicyclic) bond motifs is 1. The van der Waals surface area contributed by atoms with Gasteiger partial charge < -0.3 is 14.4 Å². The predicted molar refractivity (Wildman–Crippen MR) is 74.3 cm³/mol. The van der Waals surface area contributed by atoms with E-state index in [4.69, 9.17) is 4.74 Å². The number of methoxy groups -OCH3 is 1. The van der Waals surface area contributed by atoms with E-state index in [0.29, 0.717) is 18.8 Å². The number of aromatic nitrogens is 4. The van der Waals surface area contributed by atoms with Crippen LogP contribution in [0.3, 0.4) is 0 Å². The Kier molecular flexibility index (Phi) is 3.30. The van der Waals surface area contributed by atoms with Crippen LogP contribution in [0.1, 0.15) is 0 Å². The molecule has 0 aliphatic heterocycles. The fraction of sp³-hybridized carbons (Fsp3) is 0.214. The predicted octanol–water partition coefficient (Wildman–Crippen LogP) is 1.85. The van der Waals surface area contributed by atoms with Crippen molar-refractivity contribution in [3.05, 3.63) is 36.8 Å². The van der Waals surface area contributed by atoms with Crippen LogP contribution in [0, 0.1) is 0 Å². The molecule has 2 aromatic heterocycles. The molecule has 0 aliphatic rings. The van der Waals surface area contributed by atoms with Crippen LogP contribution in [-0.4, -0.2) is 38.3 Å². The summed E-state index contributed by atoms with van der Waals surface area (Å²) in [6.45, 7) is 1.28. The Balaban J connectivity index is 2.02. The van der Waals surface area contributed by atoms with Crippen LogP contribution in [0.25, 0.3) is 22.6 Å². The molecule has 0 atom stereocenters. The van der Waals surface area contributed by atoms with Gasteiger partial charge in [0.15, 0.2) is 11.3 Å². The van der Waals surface area contributed by atoms with Crippen molar-refractivity contribution < 1.29 is 9.84 Å². The van der Waals surface area contributed by atoms with Gasteiger partial charge in [0.1, 0.15) is 5.75 Å². The number of imidazole rings is 1. The maximum Gasteiger partial charge on any atom is 0.197 e. The largest absolute Gasteiger partial charge is 0.508 e. The zero-order valence-corrected chi connectivity index (χ0v) is 11.0. The van der Waals surface area contributed by atoms with E-state index in [-0.39, 0.29) is 5.75 Å². The van der Waals surface area contributed by atoms with Gasteiger partial charge in [0.25, 0.3) is 0 Å². The maximum atomic E-state index is 9.32. The zero-order chi connectivity index (χ0) is 13.9. The van der Waals surface area contributed by atoms with E-state index in [1.54, 1.807) is 43.9 Å². The Bertz CT molecular complexity index is 722. The van der Waals surface area contributed by atoms with Crippen molar-refractivity contribution in [1.82, 2.24) is 19.5 Å². The van der Waals surface area contributed by atoms with Crippen LogP contribution >= 0.6 is 0 Å². The summed E-state index contributed by atoms with van der Waals surface area (Å²) in [5.74, 6) is 0.230. The molecule has 0 aliphatic carbocycles. The maximum absolute atomic E-state index is 9.32. The minimum absolute atomic E-state index is 0.230. The third kappa shape index (κ3) is 2.33. The summed E-state index contributed by atoms with van der Waals surface area (Å²) in [5, 5.41) is 9.32. The molecule has 1 N–H and O–H groups in total. The van der Waals surface area contributed by atoms with Gasteiger partial charge >= 0.3 is 0 Å². The lowest BCUT2D eigenvalue weighted by Crippen LogP contribution is -2.04. The lowest BCUT2D eigenvalue weighted by atomic mass is 10.1. The van der Waals surface area contributed by atoms with Gasteiger partial charge in [-0.05, 0) is 24.3 Å². The number of ether oxygens (including phenoxy) is 1. The van der Waals surface area contributed by atoms with Crippen molar-refractivity contribution in [2.45, 2.75) is 6.54 Å². The molecular formula is C14H14N4O2. The van der Waals surface area contributed by atoms with E-state index in [0.717, 1.165) is 16.9 Å². The number of aromatic hydroxyl groups is 1. The van der Waals surface area contributed by atoms with Crippen molar-refractivity contribution in [2.75, 3.05) is 13.7 Å². The average molecular weight is 270 g/mol. The lowest BCUT2D eigenvalue weighted by Gasteiger charge is -2.04. The highest BCUT2D eigenvalue weighted by Crippen LogP contribution is 2.21. The second-order valence-corrected chi connectivity index (χ2v) is 4.38. The number of rotatable bonds is 4. The highest BCUT2D eigenvalue weighted by atomic mass is 16.5. The Labute approximate surface area is 115 Å². The highest BCUT2D eigenvalue weighted by Gasteiger charge is 2.08. The van der Waals surface area contributed by atoms with E-state index in [9.17, 15) is 5.11 Å². The number of hydrogen-bond donors (Lipinski definition) is 1. The van der Waals surface area contributed by atoms with E-state index >= 15 is 0 Å². The molecule has 0 saturated heterocycles. The molecule has 6 heteroatoms. The van der Waals surface area contributed by atoms with Crippen molar-refractivity contribution in [2.24, 2.45) is 0 Å². The SMILES string of the molecule is COCCn1cnc2ncc(-c3ccc(O)cc3)nc21. The molecule has 2 heterocycles. The molecule has 0 fully saturated rings. The standard InChI is InChI=1S/C14H14N4O2/c1-20-7-6-18-9-16-13-14(18)17-12(8-15-13)10-2-4-11(19)5-3-10/h2-5,8-9,19H,6-7H2,1H3. The molecule has 1 aromatic carbocycles. The van der Waals surface area contributed by atoms with E-state index in [1.165, 1.54) is 0 Å². The fourth-order valence-corrected chi connectivity index (χ4v) is 1.96. The topological polar surface area (TPSA) is 73.1 Å². The number of phenolic OH excluding ortho intramolecular Hbond substituents is 1. The summed E-state index contributed by atoms with van der Waals surface area (Å²) in [4.78, 5) is 13.1. The third-order valence-corrected chi connectivity index (χ3v) is 3.03. The summed E-state index contributed by atoms with van der Waals surface area (Å²) in [7, 11) is 1.66. The van der Waals surface area contributed by atoms with Crippen molar-refractivity contribution >= 4 is 11.3 Å². The molecule has 0 bridgehead atoms. The monoisotopic (exact) mass is 270 g/mol. The first-order valence-corrected chi connectivity index (χ1v) is 6.24. The van der Waals surface area contributed by atoms with Gasteiger partial charge in [0.05, 0.1) is 24.8 Å². The van der Waals surface area contributed by atoms with Gasteiger partial charge in [-0.25, -0.2) is 15.0 Å². The fourth-order valence-electron chi connectivity index (χ4n) is 1.96. The molecule has 20 heavy (non-hydrogen) atoms. The summed E-state index contributed by atoms with van der Waals surface area (Å²) in [6, 6.07) is 6.87. The van der Waals surface area contributed by atoms with Crippen LogP contribution in [0.2, 0.25) is 0 Å². The van der Waals surface area contributed by atoms with Gasteiger partial charge in [-0.15, -0.1) is 0 Å². The quantitative estimate of drug-likeness (QED) is 0.783. The van der Waals surface area contributed by atoms with E-state index < -0.39 is 0 Å². The molecule has 0 amide bonds. The van der Waals surface area contributed by atoms with Crippen molar-refractivity contribution in [1.29, 1.82) is 0 Å². The number of hydrogen-bond acceptors (Lipinski definition) is 5. The van der Waals surface area contributed by atoms with Gasteiger partial charge in [-0.1, -0.05) is 0 Å². The molecule has 0 spiro atoms. The minimum Gasteiger partial charge on any atom is -0.508 e. The normalized spacial score (nSPS) is 11.1. The van der Waals surface area contributed by atoms with Crippen molar-refractivity contribution in [3.8, 4) is 17.0 Å². The molecule has 6 nitrogen and oxygen atoms in total.